The molecule has 0 aliphatic rings. The summed E-state index contributed by atoms with van der Waals surface area (Å²) in [5.41, 5.74) is 5.13. The highest BCUT2D eigenvalue weighted by atomic mass is 32.2. The third-order valence-electron chi connectivity index (χ3n) is 4.15. The summed E-state index contributed by atoms with van der Waals surface area (Å²) in [7, 11) is 4.00. The minimum Gasteiger partial charge on any atom is -0.378 e. The van der Waals surface area contributed by atoms with Gasteiger partial charge in [0.25, 0.3) is 0 Å². The number of hydrogen-bond acceptors (Lipinski definition) is 6. The zero-order valence-electron chi connectivity index (χ0n) is 15.8. The van der Waals surface area contributed by atoms with Crippen LogP contribution in [-0.4, -0.2) is 30.3 Å². The van der Waals surface area contributed by atoms with Gasteiger partial charge in [0, 0.05) is 31.0 Å². The Labute approximate surface area is 164 Å². The van der Waals surface area contributed by atoms with Crippen molar-refractivity contribution in [2.45, 2.75) is 12.1 Å². The number of rotatable bonds is 5. The molecule has 0 aliphatic heterocycles. The summed E-state index contributed by atoms with van der Waals surface area (Å²) in [6, 6.07) is 18.3. The topological polar surface area (TPSA) is 64.8 Å². The van der Waals surface area contributed by atoms with E-state index in [0.29, 0.717) is 22.2 Å². The van der Waals surface area contributed by atoms with Gasteiger partial charge in [-0.25, -0.2) is 9.97 Å². The Morgan fingerprint density at radius 1 is 1.00 bits per heavy atom. The zero-order chi connectivity index (χ0) is 19.4. The van der Waals surface area contributed by atoms with Crippen LogP contribution in [0.2, 0.25) is 0 Å². The fourth-order valence-electron chi connectivity index (χ4n) is 2.63. The smallest absolute Gasteiger partial charge is 0.189 e. The normalized spacial score (nSPS) is 10.3. The van der Waals surface area contributed by atoms with Crippen LogP contribution < -0.4 is 10.2 Å². The van der Waals surface area contributed by atoms with Crippen LogP contribution in [0.3, 0.4) is 0 Å². The SMILES string of the molecule is CSc1nc(Nc2ccc(N(C)C)cc2)c(C#N)c(-c2ccc(C)cc2)n1. The first-order valence-electron chi connectivity index (χ1n) is 8.49. The number of nitrogens with zero attached hydrogens (tertiary/aromatic N) is 4. The lowest BCUT2D eigenvalue weighted by molar-refractivity contribution is 0.975. The van der Waals surface area contributed by atoms with Crippen LogP contribution in [0.4, 0.5) is 17.2 Å². The number of nitrogens with one attached hydrogen (secondary N) is 1. The van der Waals surface area contributed by atoms with E-state index >= 15 is 0 Å². The minimum absolute atomic E-state index is 0.438. The molecule has 0 aliphatic carbocycles. The molecule has 1 heterocycles. The quantitative estimate of drug-likeness (QED) is 0.508. The molecule has 0 atom stereocenters. The second kappa shape index (κ2) is 8.11. The van der Waals surface area contributed by atoms with Gasteiger partial charge in [-0.2, -0.15) is 5.26 Å². The number of benzene rings is 2. The molecular formula is C21H21N5S. The molecule has 2 aromatic carbocycles. The highest BCUT2D eigenvalue weighted by Crippen LogP contribution is 2.30. The van der Waals surface area contributed by atoms with Crippen LogP contribution in [0.15, 0.2) is 53.7 Å². The van der Waals surface area contributed by atoms with Crippen molar-refractivity contribution in [1.29, 1.82) is 5.26 Å². The van der Waals surface area contributed by atoms with Crippen LogP contribution in [0, 0.1) is 18.3 Å². The Morgan fingerprint density at radius 2 is 1.67 bits per heavy atom. The summed E-state index contributed by atoms with van der Waals surface area (Å²) in [5, 5.41) is 13.7. The highest BCUT2D eigenvalue weighted by molar-refractivity contribution is 7.98. The van der Waals surface area contributed by atoms with E-state index in [4.69, 9.17) is 0 Å². The van der Waals surface area contributed by atoms with E-state index in [-0.39, 0.29) is 0 Å². The van der Waals surface area contributed by atoms with Crippen LogP contribution in [0.25, 0.3) is 11.3 Å². The number of aryl methyl sites for hydroxylation is 1. The molecule has 0 unspecified atom stereocenters. The zero-order valence-corrected chi connectivity index (χ0v) is 16.6. The van der Waals surface area contributed by atoms with Crippen molar-refractivity contribution >= 4 is 29.0 Å². The van der Waals surface area contributed by atoms with E-state index in [1.807, 2.05) is 80.7 Å². The molecule has 0 fully saturated rings. The molecule has 27 heavy (non-hydrogen) atoms. The fraction of sp³-hybridized carbons (Fsp3) is 0.190. The van der Waals surface area contributed by atoms with E-state index in [1.165, 1.54) is 11.8 Å². The van der Waals surface area contributed by atoms with E-state index < -0.39 is 0 Å². The Hall–Kier alpha value is -3.04. The van der Waals surface area contributed by atoms with Gasteiger partial charge in [-0.1, -0.05) is 41.6 Å². The molecule has 3 aromatic rings. The van der Waals surface area contributed by atoms with Gasteiger partial charge in [0.1, 0.15) is 11.6 Å². The number of hydrogen-bond donors (Lipinski definition) is 1. The van der Waals surface area contributed by atoms with Crippen molar-refractivity contribution in [1.82, 2.24) is 9.97 Å². The van der Waals surface area contributed by atoms with Crippen molar-refractivity contribution in [3.8, 4) is 17.3 Å². The molecule has 5 nitrogen and oxygen atoms in total. The van der Waals surface area contributed by atoms with Gasteiger partial charge in [-0.15, -0.1) is 0 Å². The molecule has 0 radical (unpaired) electrons. The van der Waals surface area contributed by atoms with Crippen LogP contribution in [0.5, 0.6) is 0 Å². The van der Waals surface area contributed by atoms with Crippen molar-refractivity contribution in [2.75, 3.05) is 30.6 Å². The van der Waals surface area contributed by atoms with Gasteiger partial charge in [0.05, 0.1) is 5.69 Å². The third kappa shape index (κ3) is 4.21. The molecule has 136 valence electrons. The summed E-state index contributed by atoms with van der Waals surface area (Å²) >= 11 is 1.45. The Kier molecular flexibility index (Phi) is 5.63. The summed E-state index contributed by atoms with van der Waals surface area (Å²) in [6.45, 7) is 2.03. The van der Waals surface area contributed by atoms with Gasteiger partial charge < -0.3 is 10.2 Å². The predicted octanol–water partition coefficient (Wildman–Crippen LogP) is 4.86. The van der Waals surface area contributed by atoms with Gasteiger partial charge in [0.15, 0.2) is 11.0 Å². The number of aromatic nitrogens is 2. The maximum atomic E-state index is 9.79. The average molecular weight is 376 g/mol. The van der Waals surface area contributed by atoms with Crippen molar-refractivity contribution < 1.29 is 0 Å². The van der Waals surface area contributed by atoms with Gasteiger partial charge in [-0.05, 0) is 37.4 Å². The molecule has 3 rings (SSSR count). The van der Waals surface area contributed by atoms with Crippen LogP contribution >= 0.6 is 11.8 Å². The fourth-order valence-corrected chi connectivity index (χ4v) is 2.99. The largest absolute Gasteiger partial charge is 0.378 e. The summed E-state index contributed by atoms with van der Waals surface area (Å²) < 4.78 is 0. The Balaban J connectivity index is 2.05. The van der Waals surface area contributed by atoms with E-state index in [0.717, 1.165) is 22.5 Å². The molecule has 1 N–H and O–H groups in total. The van der Waals surface area contributed by atoms with Crippen LogP contribution in [0.1, 0.15) is 11.1 Å². The number of anilines is 3. The van der Waals surface area contributed by atoms with Crippen molar-refractivity contribution in [3.63, 3.8) is 0 Å². The van der Waals surface area contributed by atoms with E-state index in [9.17, 15) is 5.26 Å². The lowest BCUT2D eigenvalue weighted by atomic mass is 10.1. The van der Waals surface area contributed by atoms with E-state index in [2.05, 4.69) is 21.4 Å². The van der Waals surface area contributed by atoms with Crippen molar-refractivity contribution in [2.24, 2.45) is 0 Å². The first kappa shape index (κ1) is 18.7. The minimum atomic E-state index is 0.438. The first-order valence-corrected chi connectivity index (χ1v) is 9.72. The van der Waals surface area contributed by atoms with E-state index in [1.54, 1.807) is 0 Å². The maximum Gasteiger partial charge on any atom is 0.189 e. The standard InChI is InChI=1S/C21H21N5S/c1-14-5-7-15(8-6-14)19-18(13-22)20(25-21(24-19)27-4)23-16-9-11-17(12-10-16)26(2)3/h5-12H,1-4H3,(H,23,24,25). The lowest BCUT2D eigenvalue weighted by Gasteiger charge is -2.15. The summed E-state index contributed by atoms with van der Waals surface area (Å²) in [4.78, 5) is 11.1. The summed E-state index contributed by atoms with van der Waals surface area (Å²) in [6.07, 6.45) is 1.93. The molecule has 0 amide bonds. The Morgan fingerprint density at radius 3 is 2.22 bits per heavy atom. The molecule has 0 spiro atoms. The maximum absolute atomic E-state index is 9.79. The lowest BCUT2D eigenvalue weighted by Crippen LogP contribution is -2.08. The molecule has 0 bridgehead atoms. The van der Waals surface area contributed by atoms with Crippen LogP contribution in [-0.2, 0) is 0 Å². The molecule has 6 heteroatoms. The molecular weight excluding hydrogens is 354 g/mol. The second-order valence-electron chi connectivity index (χ2n) is 6.33. The molecule has 0 saturated carbocycles. The van der Waals surface area contributed by atoms with Gasteiger partial charge in [0.2, 0.25) is 0 Å². The monoisotopic (exact) mass is 375 g/mol. The molecule has 1 aromatic heterocycles. The highest BCUT2D eigenvalue weighted by Gasteiger charge is 2.16. The molecule has 0 saturated heterocycles. The predicted molar refractivity (Wildman–Crippen MR) is 113 cm³/mol. The Bertz CT molecular complexity index is 973. The van der Waals surface area contributed by atoms with Gasteiger partial charge in [-0.3, -0.25) is 0 Å². The van der Waals surface area contributed by atoms with Gasteiger partial charge >= 0.3 is 0 Å². The number of nitriles is 1. The average Bonchev–Trinajstić information content (AvgIpc) is 2.68. The third-order valence-corrected chi connectivity index (χ3v) is 4.70. The number of thioether (sulfide) groups is 1. The summed E-state index contributed by atoms with van der Waals surface area (Å²) in [5.74, 6) is 0.519. The second-order valence-corrected chi connectivity index (χ2v) is 7.10. The first-order chi connectivity index (χ1) is 13.0. The van der Waals surface area contributed by atoms with Crippen molar-refractivity contribution in [3.05, 3.63) is 59.7 Å².